The Labute approximate surface area is 213 Å². The lowest BCUT2D eigenvalue weighted by Gasteiger charge is -2.31. The summed E-state index contributed by atoms with van der Waals surface area (Å²) in [6.45, 7) is 2.55. The number of amides is 1. The van der Waals surface area contributed by atoms with Crippen LogP contribution < -0.4 is 15.6 Å². The predicted octanol–water partition coefficient (Wildman–Crippen LogP) is 2.15. The smallest absolute Gasteiger partial charge is 0.287 e. The lowest BCUT2D eigenvalue weighted by Crippen LogP contribution is -2.38. The second-order valence-electron chi connectivity index (χ2n) is 9.02. The largest absolute Gasteiger partial charge is 0.497 e. The highest BCUT2D eigenvalue weighted by Gasteiger charge is 2.22. The highest BCUT2D eigenvalue weighted by Crippen LogP contribution is 2.23. The third-order valence-electron chi connectivity index (χ3n) is 6.06. The highest BCUT2D eigenvalue weighted by molar-refractivity contribution is 7.90. The number of aromatic nitrogens is 2. The molecule has 3 aromatic rings. The van der Waals surface area contributed by atoms with E-state index in [1.165, 1.54) is 17.6 Å². The van der Waals surface area contributed by atoms with Gasteiger partial charge in [0.1, 0.15) is 16.5 Å². The van der Waals surface area contributed by atoms with Crippen molar-refractivity contribution in [2.45, 2.75) is 26.0 Å². The summed E-state index contributed by atoms with van der Waals surface area (Å²) in [5.41, 5.74) is 1.23. The number of piperidine rings is 1. The number of sulfone groups is 1. The Balaban J connectivity index is 1.31. The zero-order valence-corrected chi connectivity index (χ0v) is 21.9. The van der Waals surface area contributed by atoms with E-state index in [0.717, 1.165) is 37.1 Å². The fourth-order valence-corrected chi connectivity index (χ4v) is 6.07. The molecule has 0 saturated carbocycles. The zero-order valence-electron chi connectivity index (χ0n) is 20.3. The summed E-state index contributed by atoms with van der Waals surface area (Å²) in [5, 5.41) is 5.04. The molecule has 0 atom stereocenters. The number of hydrogen-bond donors (Lipinski definition) is 2. The van der Waals surface area contributed by atoms with Gasteiger partial charge >= 0.3 is 0 Å². The third-order valence-corrected chi connectivity index (χ3v) is 7.81. The second-order valence-corrected chi connectivity index (χ2v) is 12.0. The van der Waals surface area contributed by atoms with Crippen LogP contribution in [0.5, 0.6) is 5.75 Å². The number of rotatable bonds is 10. The van der Waals surface area contributed by atoms with Gasteiger partial charge in [0.25, 0.3) is 11.5 Å². The highest BCUT2D eigenvalue weighted by atomic mass is 32.2. The number of fused-ring (bicyclic) bond motifs is 1. The van der Waals surface area contributed by atoms with Crippen LogP contribution in [0.3, 0.4) is 0 Å². The molecular weight excluding hydrogens is 504 g/mol. The van der Waals surface area contributed by atoms with Crippen LogP contribution >= 0.6 is 11.3 Å². The van der Waals surface area contributed by atoms with E-state index in [1.807, 2.05) is 34.5 Å². The summed E-state index contributed by atoms with van der Waals surface area (Å²) in [6, 6.07) is 7.35. The Bertz CT molecular complexity index is 1380. The first-order chi connectivity index (χ1) is 17.2. The molecule has 3 heterocycles. The number of nitrogens with one attached hydrogen (secondary N) is 2. The van der Waals surface area contributed by atoms with Gasteiger partial charge in [-0.2, -0.15) is 0 Å². The molecule has 4 rings (SSSR count). The number of carbonyl (C=O) groups is 1. The Kier molecular flexibility index (Phi) is 8.39. The van der Waals surface area contributed by atoms with E-state index < -0.39 is 15.7 Å². The number of likely N-dealkylation sites (tertiary alicyclic amines) is 1. The maximum absolute atomic E-state index is 12.8. The summed E-state index contributed by atoms with van der Waals surface area (Å²) in [4.78, 5) is 34.7. The molecule has 1 amide bonds. The van der Waals surface area contributed by atoms with E-state index in [9.17, 15) is 18.0 Å². The third kappa shape index (κ3) is 6.90. The van der Waals surface area contributed by atoms with E-state index >= 15 is 0 Å². The molecule has 10 nitrogen and oxygen atoms in total. The maximum atomic E-state index is 12.8. The molecule has 1 saturated heterocycles. The number of H-pyrrole nitrogens is 1. The summed E-state index contributed by atoms with van der Waals surface area (Å²) in [5.74, 6) is 0.636. The Hall–Kier alpha value is -2.80. The molecule has 0 unspecified atom stereocenters. The number of hydrogen-bond acceptors (Lipinski definition) is 9. The molecule has 1 aliphatic heterocycles. The quantitative estimate of drug-likeness (QED) is 0.405. The van der Waals surface area contributed by atoms with E-state index in [4.69, 9.17) is 9.47 Å². The average Bonchev–Trinajstić information content (AvgIpc) is 3.26. The maximum Gasteiger partial charge on any atom is 0.287 e. The number of thiophene rings is 1. The molecule has 2 aromatic heterocycles. The molecule has 1 aromatic carbocycles. The molecule has 0 bridgehead atoms. The minimum Gasteiger partial charge on any atom is -0.497 e. The van der Waals surface area contributed by atoms with Crippen molar-refractivity contribution in [3.63, 3.8) is 0 Å². The average molecular weight is 535 g/mol. The molecule has 0 spiro atoms. The van der Waals surface area contributed by atoms with Crippen LogP contribution in [0.4, 0.5) is 0 Å². The van der Waals surface area contributed by atoms with Crippen LogP contribution in [0.1, 0.15) is 34.6 Å². The van der Waals surface area contributed by atoms with E-state index in [2.05, 4.69) is 15.3 Å². The van der Waals surface area contributed by atoms with Gasteiger partial charge < -0.3 is 19.8 Å². The fraction of sp³-hybridized carbons (Fsp3) is 0.458. The first-order valence-corrected chi connectivity index (χ1v) is 14.5. The Morgan fingerprint density at radius 3 is 2.81 bits per heavy atom. The summed E-state index contributed by atoms with van der Waals surface area (Å²) < 4.78 is 34.0. The van der Waals surface area contributed by atoms with Gasteiger partial charge in [0.2, 0.25) is 5.82 Å². The lowest BCUT2D eigenvalue weighted by molar-refractivity contribution is 0.0616. The van der Waals surface area contributed by atoms with E-state index in [-0.39, 0.29) is 30.4 Å². The van der Waals surface area contributed by atoms with Crippen LogP contribution in [0.15, 0.2) is 34.4 Å². The number of benzene rings is 1. The van der Waals surface area contributed by atoms with Crippen molar-refractivity contribution < 1.29 is 22.7 Å². The summed E-state index contributed by atoms with van der Waals surface area (Å²) >= 11 is 1.30. The lowest BCUT2D eigenvalue weighted by atomic mass is 9.98. The Morgan fingerprint density at radius 2 is 2.08 bits per heavy atom. The van der Waals surface area contributed by atoms with Gasteiger partial charge in [0.15, 0.2) is 9.84 Å². The van der Waals surface area contributed by atoms with Crippen molar-refractivity contribution in [2.24, 2.45) is 5.92 Å². The number of carbonyl (C=O) groups excluding carboxylic acids is 1. The van der Waals surface area contributed by atoms with Crippen molar-refractivity contribution in [3.05, 3.63) is 57.0 Å². The van der Waals surface area contributed by atoms with Crippen LogP contribution in [-0.2, 0) is 27.7 Å². The van der Waals surface area contributed by atoms with Crippen molar-refractivity contribution in [3.8, 4) is 5.75 Å². The normalized spacial score (nSPS) is 15.3. The molecule has 194 valence electrons. The van der Waals surface area contributed by atoms with Gasteiger partial charge in [-0.25, -0.2) is 13.4 Å². The van der Waals surface area contributed by atoms with E-state index in [1.54, 1.807) is 7.11 Å². The van der Waals surface area contributed by atoms with Gasteiger partial charge in [0.05, 0.1) is 19.1 Å². The first kappa shape index (κ1) is 26.3. The topological polar surface area (TPSA) is 131 Å². The Morgan fingerprint density at radius 1 is 1.31 bits per heavy atom. The number of aromatic amines is 1. The van der Waals surface area contributed by atoms with Gasteiger partial charge in [-0.05, 0) is 54.9 Å². The molecule has 0 radical (unpaired) electrons. The predicted molar refractivity (Wildman–Crippen MR) is 138 cm³/mol. The molecule has 1 aliphatic rings. The van der Waals surface area contributed by atoms with Crippen LogP contribution in [-0.4, -0.2) is 68.1 Å². The van der Waals surface area contributed by atoms with Crippen molar-refractivity contribution >= 4 is 37.3 Å². The van der Waals surface area contributed by atoms with Crippen molar-refractivity contribution in [1.29, 1.82) is 0 Å². The minimum atomic E-state index is -3.01. The molecular formula is C24H30N4O6S2. The molecule has 2 N–H and O–H groups in total. The van der Waals surface area contributed by atoms with Crippen LogP contribution in [0.25, 0.3) is 10.2 Å². The number of nitrogens with zero attached hydrogens (tertiary/aromatic N) is 2. The molecule has 1 fully saturated rings. The van der Waals surface area contributed by atoms with Gasteiger partial charge in [-0.15, -0.1) is 11.3 Å². The fourth-order valence-electron chi connectivity index (χ4n) is 4.22. The standard InChI is InChI=1S/C24H30N4O6S2/c1-33-19-5-3-4-17(10-19)11-25-23(30)21-26-22(29)20-18(14-35-24(20)27-21)13-34-12-16-6-8-28(9-7-16)15-36(2,31)32/h3-5,10,14,16H,6-9,11-13,15H2,1-2H3,(H,25,30)(H,26,27,29). The SMILES string of the molecule is COc1cccc(CNC(=O)c2nc3scc(COCC4CCN(CS(C)(=O)=O)CC4)c3c(=O)[nH]2)c1. The van der Waals surface area contributed by atoms with Crippen LogP contribution in [0.2, 0.25) is 0 Å². The molecule has 0 aliphatic carbocycles. The van der Waals surface area contributed by atoms with Gasteiger partial charge in [-0.3, -0.25) is 14.5 Å². The minimum absolute atomic E-state index is 0.0365. The molecule has 36 heavy (non-hydrogen) atoms. The molecule has 12 heteroatoms. The summed E-state index contributed by atoms with van der Waals surface area (Å²) in [6.07, 6.45) is 2.99. The zero-order chi connectivity index (χ0) is 25.7. The second kappa shape index (κ2) is 11.5. The number of ether oxygens (including phenoxy) is 2. The van der Waals surface area contributed by atoms with Crippen molar-refractivity contribution in [1.82, 2.24) is 20.2 Å². The van der Waals surface area contributed by atoms with Crippen LogP contribution in [0, 0.1) is 5.92 Å². The van der Waals surface area contributed by atoms with Gasteiger partial charge in [0, 0.05) is 25.0 Å². The first-order valence-electron chi connectivity index (χ1n) is 11.6. The summed E-state index contributed by atoms with van der Waals surface area (Å²) in [7, 11) is -1.43. The monoisotopic (exact) mass is 534 g/mol. The van der Waals surface area contributed by atoms with Gasteiger partial charge in [-0.1, -0.05) is 12.1 Å². The van der Waals surface area contributed by atoms with E-state index in [0.29, 0.717) is 28.5 Å². The number of methoxy groups -OCH3 is 1. The van der Waals surface area contributed by atoms with Crippen molar-refractivity contribution in [2.75, 3.05) is 38.9 Å².